The molecule has 3 unspecified atom stereocenters. The summed E-state index contributed by atoms with van der Waals surface area (Å²) in [4.78, 5) is 59.5. The molecule has 4 aliphatic heterocycles. The van der Waals surface area contributed by atoms with Crippen molar-refractivity contribution in [3.8, 4) is 5.75 Å². The molecule has 0 spiro atoms. The molecule has 0 saturated carbocycles. The summed E-state index contributed by atoms with van der Waals surface area (Å²) in [6.45, 7) is 9.39. The van der Waals surface area contributed by atoms with E-state index in [-0.39, 0.29) is 36.8 Å². The number of carbonyl (C=O) groups excluding carboxylic acids is 4. The molecule has 0 aromatic heterocycles. The molecule has 3 saturated heterocycles. The highest BCUT2D eigenvalue weighted by atomic mass is 16.3. The van der Waals surface area contributed by atoms with E-state index in [1.807, 2.05) is 24.3 Å². The van der Waals surface area contributed by atoms with Gasteiger partial charge in [0.15, 0.2) is 0 Å². The zero-order valence-electron chi connectivity index (χ0n) is 32.8. The van der Waals surface area contributed by atoms with Gasteiger partial charge in [-0.05, 0) is 123 Å². The smallest absolute Gasteiger partial charge is 0.262 e. The Morgan fingerprint density at radius 3 is 2.12 bits per heavy atom. The number of piperidine rings is 2. The number of rotatable bonds is 7. The molecule has 5 atom stereocenters. The van der Waals surface area contributed by atoms with Gasteiger partial charge in [0.25, 0.3) is 11.8 Å². The summed E-state index contributed by atoms with van der Waals surface area (Å²) in [5.74, 6) is -0.336. The maximum atomic E-state index is 13.5. The van der Waals surface area contributed by atoms with Gasteiger partial charge in [0, 0.05) is 68.5 Å². The highest BCUT2D eigenvalue weighted by molar-refractivity contribution is 6.23. The molecule has 5 aliphatic rings. The van der Waals surface area contributed by atoms with Crippen LogP contribution in [0.3, 0.4) is 0 Å². The van der Waals surface area contributed by atoms with E-state index in [0.29, 0.717) is 28.7 Å². The first-order valence-electron chi connectivity index (χ1n) is 20.7. The Hall–Kier alpha value is -5.48. The third-order valence-corrected chi connectivity index (χ3v) is 13.3. The van der Waals surface area contributed by atoms with Gasteiger partial charge in [0.05, 0.1) is 11.1 Å². The molecule has 0 bridgehead atoms. The molecule has 4 aromatic carbocycles. The average Bonchev–Trinajstić information content (AvgIpc) is 3.45. The second-order valence-corrected chi connectivity index (χ2v) is 16.9. The topological polar surface area (TPSA) is 114 Å². The molecular formula is C47H51N5O5. The van der Waals surface area contributed by atoms with Crippen molar-refractivity contribution in [2.24, 2.45) is 5.92 Å². The maximum absolute atomic E-state index is 13.5. The number of phenols is 1. The summed E-state index contributed by atoms with van der Waals surface area (Å²) in [6.07, 6.45) is 4.55. The van der Waals surface area contributed by atoms with E-state index in [1.165, 1.54) is 27.9 Å². The number of hydrogen-bond donors (Lipinski definition) is 2. The lowest BCUT2D eigenvalue weighted by molar-refractivity contribution is -0.136. The van der Waals surface area contributed by atoms with Crippen molar-refractivity contribution >= 4 is 35.0 Å². The molecule has 1 aliphatic carbocycles. The van der Waals surface area contributed by atoms with Crippen LogP contribution in [0, 0.1) is 5.92 Å². The Kier molecular flexibility index (Phi) is 9.85. The predicted octanol–water partition coefficient (Wildman–Crippen LogP) is 6.47. The number of anilines is 2. The molecule has 10 nitrogen and oxygen atoms in total. The lowest BCUT2D eigenvalue weighted by Gasteiger charge is -2.47. The Balaban J connectivity index is 0.816. The van der Waals surface area contributed by atoms with Crippen molar-refractivity contribution in [2.45, 2.75) is 82.3 Å². The van der Waals surface area contributed by atoms with E-state index in [9.17, 15) is 24.3 Å². The highest BCUT2D eigenvalue weighted by Gasteiger charge is 2.45. The predicted molar refractivity (Wildman–Crippen MR) is 220 cm³/mol. The summed E-state index contributed by atoms with van der Waals surface area (Å²) >= 11 is 0. The SMILES string of the molecule is CC1CN(CC2CCN(c3ccc([C@@H]4c5ccc(O)cc5CC[C@@H]4c4ccccc4)cc3)CC2)CC(C)N1c1ccc2c(c1)C(=O)N(C1CCC(=O)NC1=O)C2=O. The summed E-state index contributed by atoms with van der Waals surface area (Å²) in [5, 5.41) is 12.5. The monoisotopic (exact) mass is 765 g/mol. The van der Waals surface area contributed by atoms with Gasteiger partial charge in [0.1, 0.15) is 11.8 Å². The van der Waals surface area contributed by atoms with E-state index in [4.69, 9.17) is 0 Å². The van der Waals surface area contributed by atoms with Gasteiger partial charge in [0.2, 0.25) is 11.8 Å². The van der Waals surface area contributed by atoms with Gasteiger partial charge >= 0.3 is 0 Å². The van der Waals surface area contributed by atoms with Crippen molar-refractivity contribution in [1.29, 1.82) is 0 Å². The van der Waals surface area contributed by atoms with Gasteiger partial charge in [-0.25, -0.2) is 0 Å². The van der Waals surface area contributed by atoms with Crippen LogP contribution >= 0.6 is 0 Å². The number of aryl methyl sites for hydroxylation is 1. The number of piperazine rings is 1. The molecular weight excluding hydrogens is 715 g/mol. The summed E-state index contributed by atoms with van der Waals surface area (Å²) in [5.41, 5.74) is 8.08. The number of nitrogens with zero attached hydrogens (tertiary/aromatic N) is 4. The minimum Gasteiger partial charge on any atom is -0.508 e. The normalized spacial score (nSPS) is 25.7. The van der Waals surface area contributed by atoms with Crippen molar-refractivity contribution in [1.82, 2.24) is 15.1 Å². The number of carbonyl (C=O) groups is 4. The van der Waals surface area contributed by atoms with Crippen LogP contribution in [0.1, 0.15) is 101 Å². The molecule has 9 rings (SSSR count). The largest absolute Gasteiger partial charge is 0.508 e. The lowest BCUT2D eigenvalue weighted by atomic mass is 9.69. The van der Waals surface area contributed by atoms with E-state index in [0.717, 1.165) is 69.0 Å². The quantitative estimate of drug-likeness (QED) is 0.206. The minimum absolute atomic E-state index is 0.0995. The van der Waals surface area contributed by atoms with Crippen molar-refractivity contribution in [3.63, 3.8) is 0 Å². The number of imide groups is 2. The molecule has 57 heavy (non-hydrogen) atoms. The average molecular weight is 766 g/mol. The first-order valence-corrected chi connectivity index (χ1v) is 20.7. The van der Waals surface area contributed by atoms with Gasteiger partial charge < -0.3 is 14.9 Å². The van der Waals surface area contributed by atoms with Crippen LogP contribution in [-0.4, -0.2) is 89.4 Å². The van der Waals surface area contributed by atoms with Crippen LogP contribution in [0.4, 0.5) is 11.4 Å². The number of aromatic hydroxyl groups is 1. The summed E-state index contributed by atoms with van der Waals surface area (Å²) < 4.78 is 0. The third kappa shape index (κ3) is 6.98. The fourth-order valence-corrected chi connectivity index (χ4v) is 10.6. The molecule has 294 valence electrons. The van der Waals surface area contributed by atoms with E-state index < -0.39 is 23.8 Å². The highest BCUT2D eigenvalue weighted by Crippen LogP contribution is 2.47. The molecule has 4 amide bonds. The lowest BCUT2D eigenvalue weighted by Crippen LogP contribution is -2.58. The molecule has 0 radical (unpaired) electrons. The third-order valence-electron chi connectivity index (χ3n) is 13.3. The molecule has 2 N–H and O–H groups in total. The number of nitrogens with one attached hydrogen (secondary N) is 1. The second-order valence-electron chi connectivity index (χ2n) is 16.9. The number of benzene rings is 4. The van der Waals surface area contributed by atoms with E-state index in [1.54, 1.807) is 6.07 Å². The number of hydrogen-bond acceptors (Lipinski definition) is 8. The Morgan fingerprint density at radius 1 is 0.702 bits per heavy atom. The fourth-order valence-electron chi connectivity index (χ4n) is 10.6. The summed E-state index contributed by atoms with van der Waals surface area (Å²) in [7, 11) is 0. The summed E-state index contributed by atoms with van der Waals surface area (Å²) in [6, 6.07) is 30.9. The van der Waals surface area contributed by atoms with Crippen LogP contribution in [-0.2, 0) is 16.0 Å². The van der Waals surface area contributed by atoms with Gasteiger partial charge in [-0.2, -0.15) is 0 Å². The van der Waals surface area contributed by atoms with Crippen LogP contribution < -0.4 is 15.1 Å². The van der Waals surface area contributed by atoms with Gasteiger partial charge in [-0.15, -0.1) is 0 Å². The van der Waals surface area contributed by atoms with Crippen LogP contribution in [0.25, 0.3) is 0 Å². The first-order chi connectivity index (χ1) is 27.6. The molecule has 4 heterocycles. The second kappa shape index (κ2) is 15.1. The van der Waals surface area contributed by atoms with Crippen molar-refractivity contribution in [2.75, 3.05) is 42.5 Å². The minimum atomic E-state index is -0.969. The Morgan fingerprint density at radius 2 is 1.40 bits per heavy atom. The standard InChI is InChI=1S/C47H51N5O5/c1-29-26-49(27-30(2)51(29)36-13-16-40-41(25-36)47(57)52(46(40)56)42-18-19-43(54)48-45(42)55)28-31-20-22-50(23-21-31)35-11-8-33(9-12-35)44-38(32-6-4-3-5-7-32)15-10-34-24-37(53)14-17-39(34)44/h3-9,11-14,16-17,24-25,29-31,38,42,44,53H,10,15,18-23,26-28H2,1-2H3,(H,48,54,55)/t29?,30?,38-,42?,44+/m1/s1. The van der Waals surface area contributed by atoms with Gasteiger partial charge in [-0.3, -0.25) is 34.3 Å². The van der Waals surface area contributed by atoms with Gasteiger partial charge in [-0.1, -0.05) is 48.5 Å². The van der Waals surface area contributed by atoms with Crippen LogP contribution in [0.5, 0.6) is 5.75 Å². The van der Waals surface area contributed by atoms with E-state index in [2.05, 4.69) is 94.5 Å². The molecule has 10 heteroatoms. The maximum Gasteiger partial charge on any atom is 0.262 e. The zero-order chi connectivity index (χ0) is 39.4. The van der Waals surface area contributed by atoms with Crippen LogP contribution in [0.2, 0.25) is 0 Å². The number of amides is 4. The Bertz CT molecular complexity index is 2190. The van der Waals surface area contributed by atoms with Crippen molar-refractivity contribution in [3.05, 3.63) is 124 Å². The number of phenolic OH excluding ortho intramolecular Hbond substituents is 1. The van der Waals surface area contributed by atoms with E-state index >= 15 is 0 Å². The van der Waals surface area contributed by atoms with Crippen molar-refractivity contribution < 1.29 is 24.3 Å². The number of fused-ring (bicyclic) bond motifs is 2. The fraction of sp³-hybridized carbons (Fsp3) is 0.404. The molecule has 3 fully saturated rings. The van der Waals surface area contributed by atoms with Crippen LogP contribution in [0.15, 0.2) is 91.0 Å². The zero-order valence-corrected chi connectivity index (χ0v) is 32.8. The molecule has 4 aromatic rings. The first kappa shape index (κ1) is 37.1. The Labute approximate surface area is 334 Å².